The summed E-state index contributed by atoms with van der Waals surface area (Å²) in [7, 11) is 0. The summed E-state index contributed by atoms with van der Waals surface area (Å²) in [6, 6.07) is 11.3. The predicted molar refractivity (Wildman–Crippen MR) is 95.9 cm³/mol. The molecule has 1 aromatic heterocycles. The smallest absolute Gasteiger partial charge is 0.416 e. The number of carbonyl (C=O) groups is 1. The number of aromatic hydroxyl groups is 1. The second kappa shape index (κ2) is 6.14. The van der Waals surface area contributed by atoms with Gasteiger partial charge in [-0.15, -0.1) is 11.3 Å². The Morgan fingerprint density at radius 1 is 1.11 bits per heavy atom. The summed E-state index contributed by atoms with van der Waals surface area (Å²) >= 11 is 6.18. The number of carbonyl (C=O) groups excluding carboxylic acids is 1. The van der Waals surface area contributed by atoms with Gasteiger partial charge in [0.1, 0.15) is 4.88 Å². The number of benzene rings is 2. The van der Waals surface area contributed by atoms with Gasteiger partial charge in [-0.25, -0.2) is 4.99 Å². The third-order valence-corrected chi connectivity index (χ3v) is 5.44. The Labute approximate surface area is 159 Å². The van der Waals surface area contributed by atoms with Gasteiger partial charge < -0.3 is 5.11 Å². The fourth-order valence-electron chi connectivity index (χ4n) is 2.86. The van der Waals surface area contributed by atoms with Crippen LogP contribution in [0.5, 0.6) is 5.88 Å². The first-order chi connectivity index (χ1) is 12.8. The van der Waals surface area contributed by atoms with Crippen molar-refractivity contribution in [2.24, 2.45) is 4.99 Å². The summed E-state index contributed by atoms with van der Waals surface area (Å²) in [6.45, 7) is 0. The Bertz CT molecular complexity index is 1270. The molecule has 0 spiro atoms. The van der Waals surface area contributed by atoms with Crippen molar-refractivity contribution in [2.45, 2.75) is 6.18 Å². The van der Waals surface area contributed by atoms with E-state index in [2.05, 4.69) is 4.99 Å². The molecular weight excluding hydrogens is 397 g/mol. The first-order valence-corrected chi connectivity index (χ1v) is 8.85. The van der Waals surface area contributed by atoms with Crippen LogP contribution in [0.15, 0.2) is 53.5 Å². The molecule has 1 aliphatic rings. The highest BCUT2D eigenvalue weighted by atomic mass is 32.1. The molecule has 1 N–H and O–H groups in total. The van der Waals surface area contributed by atoms with E-state index in [1.165, 1.54) is 12.1 Å². The molecule has 3 aromatic rings. The van der Waals surface area contributed by atoms with Crippen molar-refractivity contribution in [2.75, 3.05) is 0 Å². The van der Waals surface area contributed by atoms with Crippen molar-refractivity contribution in [3.05, 3.63) is 73.5 Å². The van der Waals surface area contributed by atoms with Gasteiger partial charge >= 0.3 is 6.18 Å². The van der Waals surface area contributed by atoms with E-state index in [4.69, 9.17) is 12.2 Å². The number of amides is 1. The van der Waals surface area contributed by atoms with Gasteiger partial charge in [0.2, 0.25) is 5.88 Å². The van der Waals surface area contributed by atoms with Crippen LogP contribution in [-0.2, 0) is 11.0 Å². The van der Waals surface area contributed by atoms with Crippen molar-refractivity contribution in [1.29, 1.82) is 0 Å². The maximum Gasteiger partial charge on any atom is 0.416 e. The lowest BCUT2D eigenvalue weighted by atomic mass is 10.1. The van der Waals surface area contributed by atoms with Gasteiger partial charge in [-0.2, -0.15) is 13.2 Å². The second-order valence-electron chi connectivity index (χ2n) is 5.71. The highest BCUT2D eigenvalue weighted by Crippen LogP contribution is 2.36. The minimum absolute atomic E-state index is 0.0612. The molecule has 4 nitrogen and oxygen atoms in total. The average Bonchev–Trinajstić information content (AvgIpc) is 3.09. The minimum Gasteiger partial charge on any atom is -0.493 e. The molecule has 0 bridgehead atoms. The lowest BCUT2D eigenvalue weighted by Gasteiger charge is -2.10. The van der Waals surface area contributed by atoms with E-state index in [0.717, 1.165) is 28.0 Å². The number of rotatable bonds is 2. The minimum atomic E-state index is -4.53. The molecule has 9 heteroatoms. The molecule has 0 saturated heterocycles. The fraction of sp³-hybridized carbons (Fsp3) is 0.0556. The largest absolute Gasteiger partial charge is 0.493 e. The maximum absolute atomic E-state index is 13.0. The molecule has 4 rings (SSSR count). The Morgan fingerprint density at radius 2 is 1.85 bits per heavy atom. The SMILES string of the molecule is O=C1N=c2ccccc2=C1c1sc(=S)n(-c2cccc(C(F)(F)F)c2)c1O. The number of nitrogens with zero attached hydrogens (tertiary/aromatic N) is 2. The van der Waals surface area contributed by atoms with Crippen LogP contribution in [0, 0.1) is 3.95 Å². The number of hydrogen-bond donors (Lipinski definition) is 1. The zero-order valence-electron chi connectivity index (χ0n) is 13.3. The van der Waals surface area contributed by atoms with E-state index in [1.54, 1.807) is 24.3 Å². The number of hydrogen-bond acceptors (Lipinski definition) is 4. The number of halogens is 3. The molecule has 2 aromatic carbocycles. The molecule has 0 unspecified atom stereocenters. The second-order valence-corrected chi connectivity index (χ2v) is 7.36. The summed E-state index contributed by atoms with van der Waals surface area (Å²) in [6.07, 6.45) is -4.53. The monoisotopic (exact) mass is 406 g/mol. The van der Waals surface area contributed by atoms with Gasteiger partial charge in [-0.3, -0.25) is 9.36 Å². The van der Waals surface area contributed by atoms with Gasteiger partial charge in [0.05, 0.1) is 22.2 Å². The van der Waals surface area contributed by atoms with Crippen LogP contribution in [0.25, 0.3) is 11.3 Å². The lowest BCUT2D eigenvalue weighted by Crippen LogP contribution is -2.22. The Morgan fingerprint density at radius 3 is 2.59 bits per heavy atom. The van der Waals surface area contributed by atoms with Crippen LogP contribution >= 0.6 is 23.6 Å². The standard InChI is InChI=1S/C18H9F3N2O2S2/c19-18(20,21)9-4-3-5-10(8-9)23-16(25)14(27-17(23)26)13-11-6-1-2-7-12(11)22-15(13)24/h1-8,25H. The van der Waals surface area contributed by atoms with Gasteiger partial charge in [0.15, 0.2) is 3.95 Å². The van der Waals surface area contributed by atoms with Gasteiger partial charge in [-0.1, -0.05) is 24.3 Å². The normalized spacial score (nSPS) is 13.6. The third-order valence-electron chi connectivity index (χ3n) is 4.05. The Kier molecular flexibility index (Phi) is 4.01. The van der Waals surface area contributed by atoms with Gasteiger partial charge in [0, 0.05) is 5.22 Å². The van der Waals surface area contributed by atoms with Crippen LogP contribution in [0.4, 0.5) is 13.2 Å². The maximum atomic E-state index is 13.0. The van der Waals surface area contributed by atoms with Crippen molar-refractivity contribution in [3.8, 4) is 11.6 Å². The first kappa shape index (κ1) is 17.6. The summed E-state index contributed by atoms with van der Waals surface area (Å²) < 4.78 is 40.2. The quantitative estimate of drug-likeness (QED) is 0.664. The summed E-state index contributed by atoms with van der Waals surface area (Å²) in [4.78, 5) is 16.4. The van der Waals surface area contributed by atoms with Gasteiger partial charge in [-0.05, 0) is 36.5 Å². The topological polar surface area (TPSA) is 54.6 Å². The van der Waals surface area contributed by atoms with E-state index in [9.17, 15) is 23.1 Å². The zero-order chi connectivity index (χ0) is 19.3. The molecule has 0 radical (unpaired) electrons. The molecule has 0 aliphatic carbocycles. The van der Waals surface area contributed by atoms with Crippen molar-refractivity contribution >= 4 is 35.0 Å². The van der Waals surface area contributed by atoms with Crippen molar-refractivity contribution in [3.63, 3.8) is 0 Å². The van der Waals surface area contributed by atoms with Crippen molar-refractivity contribution < 1.29 is 23.1 Å². The summed E-state index contributed by atoms with van der Waals surface area (Å²) in [5.41, 5.74) is -0.616. The van der Waals surface area contributed by atoms with E-state index in [-0.39, 0.29) is 26.0 Å². The Balaban J connectivity index is 1.95. The van der Waals surface area contributed by atoms with Crippen LogP contribution < -0.4 is 10.6 Å². The third kappa shape index (κ3) is 2.88. The number of para-hydroxylation sites is 1. The molecule has 136 valence electrons. The number of fused-ring (bicyclic) bond motifs is 1. The Hall–Kier alpha value is -2.78. The number of aromatic nitrogens is 1. The molecule has 0 saturated carbocycles. The molecule has 2 heterocycles. The van der Waals surface area contributed by atoms with Crippen LogP contribution in [0.3, 0.4) is 0 Å². The lowest BCUT2D eigenvalue weighted by molar-refractivity contribution is -0.137. The van der Waals surface area contributed by atoms with E-state index >= 15 is 0 Å². The molecule has 27 heavy (non-hydrogen) atoms. The van der Waals surface area contributed by atoms with Crippen molar-refractivity contribution in [1.82, 2.24) is 4.57 Å². The average molecular weight is 406 g/mol. The highest BCUT2D eigenvalue weighted by Gasteiger charge is 2.31. The summed E-state index contributed by atoms with van der Waals surface area (Å²) in [5, 5.41) is 11.7. The first-order valence-electron chi connectivity index (χ1n) is 7.62. The number of alkyl halides is 3. The molecule has 0 atom stereocenters. The highest BCUT2D eigenvalue weighted by molar-refractivity contribution is 7.73. The number of thiazole rings is 1. The molecule has 0 fully saturated rings. The van der Waals surface area contributed by atoms with E-state index in [0.29, 0.717) is 10.6 Å². The van der Waals surface area contributed by atoms with Crippen LogP contribution in [0.2, 0.25) is 0 Å². The molecular formula is C18H9F3N2O2S2. The molecule has 1 amide bonds. The predicted octanol–water partition coefficient (Wildman–Crippen LogP) is 3.35. The van der Waals surface area contributed by atoms with Crippen LogP contribution in [-0.4, -0.2) is 15.6 Å². The van der Waals surface area contributed by atoms with E-state index in [1.807, 2.05) is 0 Å². The molecule has 1 aliphatic heterocycles. The van der Waals surface area contributed by atoms with E-state index < -0.39 is 17.6 Å². The fourth-order valence-corrected chi connectivity index (χ4v) is 4.24. The van der Waals surface area contributed by atoms with Gasteiger partial charge in [0.25, 0.3) is 5.91 Å². The summed E-state index contributed by atoms with van der Waals surface area (Å²) in [5.74, 6) is -0.918. The van der Waals surface area contributed by atoms with Crippen LogP contribution in [0.1, 0.15) is 10.4 Å². The zero-order valence-corrected chi connectivity index (χ0v) is 15.0.